The second kappa shape index (κ2) is 6.37. The normalized spacial score (nSPS) is 16.4. The number of ether oxygens (including phenoxy) is 1. The van der Waals surface area contributed by atoms with E-state index in [1.165, 1.54) is 0 Å². The predicted octanol–water partition coefficient (Wildman–Crippen LogP) is -0.0441. The molecule has 1 saturated heterocycles. The van der Waals surface area contributed by atoms with Crippen LogP contribution in [0.2, 0.25) is 0 Å². The summed E-state index contributed by atoms with van der Waals surface area (Å²) < 4.78 is 5.66. The molecule has 5 nitrogen and oxygen atoms in total. The smallest absolute Gasteiger partial charge is 0.234 e. The van der Waals surface area contributed by atoms with Crippen molar-refractivity contribution in [3.8, 4) is 5.75 Å². The molecule has 98 valence electrons. The minimum atomic E-state index is 0.0892. The molecule has 0 spiro atoms. The van der Waals surface area contributed by atoms with E-state index in [4.69, 9.17) is 10.5 Å². The number of amides is 1. The van der Waals surface area contributed by atoms with Crippen molar-refractivity contribution in [1.29, 1.82) is 0 Å². The molecule has 1 aromatic carbocycles. The van der Waals surface area contributed by atoms with Crippen molar-refractivity contribution in [2.24, 2.45) is 5.73 Å². The van der Waals surface area contributed by atoms with Gasteiger partial charge in [0.15, 0.2) is 0 Å². The Morgan fingerprint density at radius 2 is 2.33 bits per heavy atom. The quantitative estimate of drug-likeness (QED) is 0.768. The summed E-state index contributed by atoms with van der Waals surface area (Å²) in [5, 5.41) is 2.80. The highest BCUT2D eigenvalue weighted by atomic mass is 16.5. The Balaban J connectivity index is 1.75. The lowest BCUT2D eigenvalue weighted by molar-refractivity contribution is -0.124. The van der Waals surface area contributed by atoms with E-state index in [-0.39, 0.29) is 5.91 Å². The fourth-order valence-electron chi connectivity index (χ4n) is 1.94. The van der Waals surface area contributed by atoms with Crippen LogP contribution in [0.5, 0.6) is 5.75 Å². The maximum Gasteiger partial charge on any atom is 0.234 e. The third kappa shape index (κ3) is 3.72. The summed E-state index contributed by atoms with van der Waals surface area (Å²) >= 11 is 0. The van der Waals surface area contributed by atoms with Gasteiger partial charge in [0.2, 0.25) is 5.91 Å². The van der Waals surface area contributed by atoms with E-state index < -0.39 is 0 Å². The van der Waals surface area contributed by atoms with Crippen LogP contribution in [0, 0.1) is 0 Å². The molecule has 1 heterocycles. The summed E-state index contributed by atoms with van der Waals surface area (Å²) in [4.78, 5) is 13.3. The molecule has 2 rings (SSSR count). The molecule has 0 bridgehead atoms. The first-order valence-corrected chi connectivity index (χ1v) is 6.19. The lowest BCUT2D eigenvalue weighted by Gasteiger charge is -2.26. The maximum atomic E-state index is 11.2. The molecular weight excluding hydrogens is 230 g/mol. The van der Waals surface area contributed by atoms with Crippen molar-refractivity contribution in [3.05, 3.63) is 29.8 Å². The average Bonchev–Trinajstić information content (AvgIpc) is 2.39. The van der Waals surface area contributed by atoms with E-state index in [1.807, 2.05) is 24.3 Å². The summed E-state index contributed by atoms with van der Waals surface area (Å²) in [6, 6.07) is 7.78. The van der Waals surface area contributed by atoms with E-state index in [1.54, 1.807) is 0 Å². The van der Waals surface area contributed by atoms with Crippen LogP contribution in [-0.2, 0) is 11.3 Å². The number of hydrogen-bond acceptors (Lipinski definition) is 4. The molecule has 0 unspecified atom stereocenters. The predicted molar refractivity (Wildman–Crippen MR) is 69.3 cm³/mol. The number of piperazine rings is 1. The van der Waals surface area contributed by atoms with Gasteiger partial charge in [0.05, 0.1) is 6.54 Å². The van der Waals surface area contributed by atoms with Gasteiger partial charge in [-0.1, -0.05) is 12.1 Å². The molecule has 1 aliphatic rings. The van der Waals surface area contributed by atoms with Crippen molar-refractivity contribution in [2.45, 2.75) is 6.54 Å². The number of nitrogens with two attached hydrogens (primary N) is 1. The van der Waals surface area contributed by atoms with Gasteiger partial charge >= 0.3 is 0 Å². The molecule has 0 aromatic heterocycles. The van der Waals surface area contributed by atoms with E-state index in [0.29, 0.717) is 19.7 Å². The number of benzene rings is 1. The summed E-state index contributed by atoms with van der Waals surface area (Å²) in [7, 11) is 0. The van der Waals surface area contributed by atoms with E-state index in [9.17, 15) is 4.79 Å². The average molecular weight is 249 g/mol. The lowest BCUT2D eigenvalue weighted by Crippen LogP contribution is -2.48. The minimum absolute atomic E-state index is 0.0892. The van der Waals surface area contributed by atoms with Gasteiger partial charge in [-0.25, -0.2) is 0 Å². The van der Waals surface area contributed by atoms with Crippen LogP contribution < -0.4 is 15.8 Å². The molecule has 1 aliphatic heterocycles. The summed E-state index contributed by atoms with van der Waals surface area (Å²) in [5.41, 5.74) is 6.63. The topological polar surface area (TPSA) is 67.6 Å². The molecule has 1 amide bonds. The number of carbonyl (C=O) groups excluding carboxylic acids is 1. The van der Waals surface area contributed by atoms with E-state index in [2.05, 4.69) is 10.2 Å². The van der Waals surface area contributed by atoms with Gasteiger partial charge in [-0.15, -0.1) is 0 Å². The van der Waals surface area contributed by atoms with E-state index in [0.717, 1.165) is 30.9 Å². The Labute approximate surface area is 107 Å². The largest absolute Gasteiger partial charge is 0.492 e. The first-order valence-electron chi connectivity index (χ1n) is 6.19. The summed E-state index contributed by atoms with van der Waals surface area (Å²) in [5.74, 6) is 0.922. The van der Waals surface area contributed by atoms with Crippen LogP contribution in [0.1, 0.15) is 5.56 Å². The molecular formula is C13H19N3O2. The zero-order valence-corrected chi connectivity index (χ0v) is 10.4. The summed E-state index contributed by atoms with van der Waals surface area (Å²) in [6.07, 6.45) is 0. The Hall–Kier alpha value is -1.59. The molecule has 0 radical (unpaired) electrons. The number of carbonyl (C=O) groups is 1. The Kier molecular flexibility index (Phi) is 4.55. The Bertz CT molecular complexity index is 409. The highest BCUT2D eigenvalue weighted by molar-refractivity contribution is 5.78. The van der Waals surface area contributed by atoms with Crippen LogP contribution in [0.3, 0.4) is 0 Å². The Morgan fingerprint density at radius 1 is 1.44 bits per heavy atom. The molecule has 0 aliphatic carbocycles. The van der Waals surface area contributed by atoms with Crippen molar-refractivity contribution in [3.63, 3.8) is 0 Å². The van der Waals surface area contributed by atoms with Gasteiger partial charge in [-0.05, 0) is 17.7 Å². The zero-order chi connectivity index (χ0) is 12.8. The highest BCUT2D eigenvalue weighted by Crippen LogP contribution is 2.12. The van der Waals surface area contributed by atoms with Gasteiger partial charge < -0.3 is 15.8 Å². The van der Waals surface area contributed by atoms with Crippen molar-refractivity contribution < 1.29 is 9.53 Å². The first-order chi connectivity index (χ1) is 8.78. The van der Waals surface area contributed by atoms with Crippen molar-refractivity contribution >= 4 is 5.91 Å². The number of nitrogens with zero attached hydrogens (tertiary/aromatic N) is 1. The molecule has 1 fully saturated rings. The second-order valence-electron chi connectivity index (χ2n) is 4.33. The molecule has 18 heavy (non-hydrogen) atoms. The second-order valence-corrected chi connectivity index (χ2v) is 4.33. The third-order valence-electron chi connectivity index (χ3n) is 2.93. The van der Waals surface area contributed by atoms with Gasteiger partial charge in [-0.3, -0.25) is 9.69 Å². The van der Waals surface area contributed by atoms with Crippen LogP contribution in [0.15, 0.2) is 24.3 Å². The fraction of sp³-hybridized carbons (Fsp3) is 0.462. The number of nitrogens with one attached hydrogen (secondary N) is 1. The minimum Gasteiger partial charge on any atom is -0.492 e. The van der Waals surface area contributed by atoms with Crippen LogP contribution in [-0.4, -0.2) is 43.6 Å². The molecule has 1 aromatic rings. The monoisotopic (exact) mass is 249 g/mol. The molecule has 5 heteroatoms. The van der Waals surface area contributed by atoms with Gasteiger partial charge in [-0.2, -0.15) is 0 Å². The van der Waals surface area contributed by atoms with Crippen molar-refractivity contribution in [2.75, 3.05) is 32.8 Å². The molecule has 0 saturated carbocycles. The lowest BCUT2D eigenvalue weighted by atomic mass is 10.2. The molecule has 0 atom stereocenters. The van der Waals surface area contributed by atoms with Gasteiger partial charge in [0.1, 0.15) is 12.4 Å². The van der Waals surface area contributed by atoms with Crippen molar-refractivity contribution in [1.82, 2.24) is 10.2 Å². The van der Waals surface area contributed by atoms with Crippen LogP contribution in [0.4, 0.5) is 0 Å². The standard InChI is InChI=1S/C13H19N3O2/c14-9-11-2-1-3-12(8-11)18-7-6-16-5-4-15-13(17)10-16/h1-3,8H,4-7,9-10,14H2,(H,15,17). The first kappa shape index (κ1) is 12.9. The van der Waals surface area contributed by atoms with Gasteiger partial charge in [0.25, 0.3) is 0 Å². The maximum absolute atomic E-state index is 11.2. The highest BCUT2D eigenvalue weighted by Gasteiger charge is 2.15. The van der Waals surface area contributed by atoms with Crippen LogP contribution in [0.25, 0.3) is 0 Å². The number of hydrogen-bond donors (Lipinski definition) is 2. The SMILES string of the molecule is NCc1cccc(OCCN2CCNC(=O)C2)c1. The fourth-order valence-corrected chi connectivity index (χ4v) is 1.94. The zero-order valence-electron chi connectivity index (χ0n) is 10.4. The van der Waals surface area contributed by atoms with E-state index >= 15 is 0 Å². The molecule has 3 N–H and O–H groups in total. The van der Waals surface area contributed by atoms with Gasteiger partial charge in [0, 0.05) is 26.2 Å². The Morgan fingerprint density at radius 3 is 3.11 bits per heavy atom. The third-order valence-corrected chi connectivity index (χ3v) is 2.93. The van der Waals surface area contributed by atoms with Crippen LogP contribution >= 0.6 is 0 Å². The number of rotatable bonds is 5. The summed E-state index contributed by atoms with van der Waals surface area (Å²) in [6.45, 7) is 3.94.